The third-order valence-electron chi connectivity index (χ3n) is 7.92. The Morgan fingerprint density at radius 2 is 1.74 bits per heavy atom. The van der Waals surface area contributed by atoms with E-state index in [4.69, 9.17) is 9.47 Å². The van der Waals surface area contributed by atoms with Crippen molar-refractivity contribution in [2.75, 3.05) is 0 Å². The van der Waals surface area contributed by atoms with Crippen molar-refractivity contribution in [1.82, 2.24) is 10.2 Å². The molecule has 2 heterocycles. The largest absolute Gasteiger partial charge is 0.573 e. The SMILES string of the molecule is CC(NC(=O)OC1C(N2Cc3ccccc3C2=O)c2cc(OC(F)(F)F)ccc2OC1(C)C)c1cccc2ccccc12. The number of halogens is 3. The van der Waals surface area contributed by atoms with E-state index < -0.39 is 42.0 Å². The lowest BCUT2D eigenvalue weighted by molar-refractivity contribution is -0.274. The molecule has 222 valence electrons. The molecular formula is C33H29F3N2O5. The predicted molar refractivity (Wildman–Crippen MR) is 153 cm³/mol. The number of fused-ring (bicyclic) bond motifs is 3. The molecule has 0 saturated carbocycles. The summed E-state index contributed by atoms with van der Waals surface area (Å²) in [7, 11) is 0. The molecule has 0 fully saturated rings. The standard InChI is InChI=1S/C33H29F3N2O5/c1-19(23-14-8-11-20-9-4-6-12-24(20)23)37-31(40)41-29-28(38-18-21-10-5-7-13-25(21)30(38)39)26-17-22(42-33(34,35)36)15-16-27(26)43-32(29,2)3/h4-17,19,28-29H,18H2,1-3H3,(H,37,40). The van der Waals surface area contributed by atoms with Gasteiger partial charge >= 0.3 is 12.5 Å². The highest BCUT2D eigenvalue weighted by molar-refractivity contribution is 5.98. The normalized spacial score (nSPS) is 19.7. The van der Waals surface area contributed by atoms with Crippen LogP contribution in [0.25, 0.3) is 10.8 Å². The van der Waals surface area contributed by atoms with Gasteiger partial charge in [0, 0.05) is 17.7 Å². The number of carbonyl (C=O) groups excluding carboxylic acids is 2. The molecule has 0 aromatic heterocycles. The quantitative estimate of drug-likeness (QED) is 0.261. The van der Waals surface area contributed by atoms with Crippen LogP contribution in [0.15, 0.2) is 84.9 Å². The van der Waals surface area contributed by atoms with Gasteiger partial charge in [-0.25, -0.2) is 4.79 Å². The Bertz CT molecular complexity index is 1720. The molecular weight excluding hydrogens is 561 g/mol. The summed E-state index contributed by atoms with van der Waals surface area (Å²) >= 11 is 0. The number of hydrogen-bond donors (Lipinski definition) is 1. The van der Waals surface area contributed by atoms with E-state index in [2.05, 4.69) is 10.1 Å². The zero-order valence-corrected chi connectivity index (χ0v) is 23.6. The number of amides is 2. The first-order valence-corrected chi connectivity index (χ1v) is 13.8. The molecule has 7 nitrogen and oxygen atoms in total. The molecule has 3 unspecified atom stereocenters. The van der Waals surface area contributed by atoms with Crippen LogP contribution in [0.1, 0.15) is 59.9 Å². The van der Waals surface area contributed by atoms with Crippen LogP contribution >= 0.6 is 0 Å². The number of rotatable bonds is 5. The summed E-state index contributed by atoms with van der Waals surface area (Å²) < 4.78 is 55.9. The number of ether oxygens (including phenoxy) is 3. The van der Waals surface area contributed by atoms with Gasteiger partial charge in [0.25, 0.3) is 5.91 Å². The Hall–Kier alpha value is -4.73. The van der Waals surface area contributed by atoms with Crippen molar-refractivity contribution in [3.05, 3.63) is 107 Å². The zero-order valence-electron chi connectivity index (χ0n) is 23.6. The Labute approximate surface area is 246 Å². The minimum absolute atomic E-state index is 0.174. The molecule has 10 heteroatoms. The molecule has 0 spiro atoms. The highest BCUT2D eigenvalue weighted by Crippen LogP contribution is 2.48. The third kappa shape index (κ3) is 5.45. The smallest absolute Gasteiger partial charge is 0.484 e. The van der Waals surface area contributed by atoms with Gasteiger partial charge in [0.2, 0.25) is 0 Å². The summed E-state index contributed by atoms with van der Waals surface area (Å²) in [5.41, 5.74) is 1.19. The fourth-order valence-corrected chi connectivity index (χ4v) is 6.00. The van der Waals surface area contributed by atoms with Crippen LogP contribution < -0.4 is 14.8 Å². The summed E-state index contributed by atoms with van der Waals surface area (Å²) in [5.74, 6) is -0.543. The first-order chi connectivity index (χ1) is 20.4. The van der Waals surface area contributed by atoms with E-state index in [9.17, 15) is 22.8 Å². The lowest BCUT2D eigenvalue weighted by atomic mass is 9.85. The van der Waals surface area contributed by atoms with E-state index in [-0.39, 0.29) is 23.8 Å². The minimum Gasteiger partial charge on any atom is -0.484 e. The van der Waals surface area contributed by atoms with E-state index in [1.54, 1.807) is 26.0 Å². The van der Waals surface area contributed by atoms with Crippen molar-refractivity contribution in [1.29, 1.82) is 0 Å². The van der Waals surface area contributed by atoms with Crippen molar-refractivity contribution < 1.29 is 37.0 Å². The number of hydrogen-bond acceptors (Lipinski definition) is 5. The Balaban J connectivity index is 1.35. The fourth-order valence-electron chi connectivity index (χ4n) is 6.00. The minimum atomic E-state index is -4.92. The second kappa shape index (κ2) is 10.5. The first-order valence-electron chi connectivity index (χ1n) is 13.8. The first kappa shape index (κ1) is 28.4. The van der Waals surface area contributed by atoms with E-state index in [0.717, 1.165) is 28.0 Å². The van der Waals surface area contributed by atoms with Crippen molar-refractivity contribution in [3.63, 3.8) is 0 Å². The Kier molecular flexibility index (Phi) is 6.95. The molecule has 0 saturated heterocycles. The van der Waals surface area contributed by atoms with Crippen LogP contribution in [0.5, 0.6) is 11.5 Å². The predicted octanol–water partition coefficient (Wildman–Crippen LogP) is 7.46. The van der Waals surface area contributed by atoms with Crippen molar-refractivity contribution in [2.45, 2.75) is 57.5 Å². The second-order valence-corrected chi connectivity index (χ2v) is 11.2. The molecule has 3 atom stereocenters. The summed E-state index contributed by atoms with van der Waals surface area (Å²) in [5, 5.41) is 4.88. The molecule has 4 aromatic carbocycles. The second-order valence-electron chi connectivity index (χ2n) is 11.2. The van der Waals surface area contributed by atoms with Gasteiger partial charge in [0.1, 0.15) is 23.1 Å². The maximum atomic E-state index is 13.7. The molecule has 2 aliphatic rings. The van der Waals surface area contributed by atoms with Gasteiger partial charge < -0.3 is 24.4 Å². The molecule has 4 aromatic rings. The number of alkyl carbamates (subject to hydrolysis) is 1. The van der Waals surface area contributed by atoms with E-state index >= 15 is 0 Å². The number of nitrogens with one attached hydrogen (secondary N) is 1. The molecule has 0 aliphatic carbocycles. The third-order valence-corrected chi connectivity index (χ3v) is 7.92. The maximum Gasteiger partial charge on any atom is 0.573 e. The number of nitrogens with zero attached hydrogens (tertiary/aromatic N) is 1. The highest BCUT2D eigenvalue weighted by atomic mass is 19.4. The van der Waals surface area contributed by atoms with Gasteiger partial charge in [-0.1, -0.05) is 60.7 Å². The monoisotopic (exact) mass is 590 g/mol. The average Bonchev–Trinajstić information content (AvgIpc) is 3.28. The maximum absolute atomic E-state index is 13.7. The molecule has 43 heavy (non-hydrogen) atoms. The van der Waals surface area contributed by atoms with E-state index in [0.29, 0.717) is 5.56 Å². The van der Waals surface area contributed by atoms with Crippen LogP contribution in [0.4, 0.5) is 18.0 Å². The molecule has 2 aliphatic heterocycles. The summed E-state index contributed by atoms with van der Waals surface area (Å²) in [4.78, 5) is 28.7. The Morgan fingerprint density at radius 1 is 1.02 bits per heavy atom. The summed E-state index contributed by atoms with van der Waals surface area (Å²) in [6.07, 6.45) is -6.78. The van der Waals surface area contributed by atoms with Gasteiger partial charge in [-0.2, -0.15) is 0 Å². The zero-order chi connectivity index (χ0) is 30.5. The van der Waals surface area contributed by atoms with Crippen LogP contribution in [-0.2, 0) is 11.3 Å². The highest BCUT2D eigenvalue weighted by Gasteiger charge is 2.52. The van der Waals surface area contributed by atoms with Gasteiger partial charge in [-0.05, 0) is 66.9 Å². The van der Waals surface area contributed by atoms with Crippen LogP contribution in [-0.4, -0.2) is 35.0 Å². The van der Waals surface area contributed by atoms with E-state index in [1.165, 1.54) is 17.0 Å². The number of carbonyl (C=O) groups is 2. The summed E-state index contributed by atoms with van der Waals surface area (Å²) in [6, 6.07) is 23.0. The lowest BCUT2D eigenvalue weighted by Gasteiger charge is -2.46. The number of benzene rings is 4. The topological polar surface area (TPSA) is 77.1 Å². The molecule has 0 radical (unpaired) electrons. The van der Waals surface area contributed by atoms with Gasteiger partial charge in [-0.15, -0.1) is 13.2 Å². The molecule has 1 N–H and O–H groups in total. The van der Waals surface area contributed by atoms with Crippen molar-refractivity contribution in [2.24, 2.45) is 0 Å². The van der Waals surface area contributed by atoms with Gasteiger partial charge in [-0.3, -0.25) is 4.79 Å². The van der Waals surface area contributed by atoms with Crippen molar-refractivity contribution in [3.8, 4) is 11.5 Å². The average molecular weight is 591 g/mol. The van der Waals surface area contributed by atoms with Crippen LogP contribution in [0.3, 0.4) is 0 Å². The molecule has 6 rings (SSSR count). The Morgan fingerprint density at radius 3 is 2.51 bits per heavy atom. The van der Waals surface area contributed by atoms with Crippen molar-refractivity contribution >= 4 is 22.8 Å². The molecule has 0 bridgehead atoms. The van der Waals surface area contributed by atoms with Crippen LogP contribution in [0, 0.1) is 0 Å². The summed E-state index contributed by atoms with van der Waals surface area (Å²) in [6.45, 7) is 5.43. The van der Waals surface area contributed by atoms with Gasteiger partial charge in [0.05, 0.1) is 6.04 Å². The number of alkyl halides is 3. The molecule has 2 amide bonds. The van der Waals surface area contributed by atoms with Crippen LogP contribution in [0.2, 0.25) is 0 Å². The van der Waals surface area contributed by atoms with E-state index in [1.807, 2.05) is 61.5 Å². The fraction of sp³-hybridized carbons (Fsp3) is 0.273. The lowest BCUT2D eigenvalue weighted by Crippen LogP contribution is -2.56. The van der Waals surface area contributed by atoms with Gasteiger partial charge in [0.15, 0.2) is 6.10 Å².